The normalized spacial score (nSPS) is 26.4. The lowest BCUT2D eigenvalue weighted by Crippen LogP contribution is -2.38. The lowest BCUT2D eigenvalue weighted by Gasteiger charge is -2.23. The van der Waals surface area contributed by atoms with E-state index in [0.717, 1.165) is 24.8 Å². The molecule has 0 radical (unpaired) electrons. The summed E-state index contributed by atoms with van der Waals surface area (Å²) in [5.41, 5.74) is 1.69. The van der Waals surface area contributed by atoms with Crippen molar-refractivity contribution in [1.82, 2.24) is 0 Å². The summed E-state index contributed by atoms with van der Waals surface area (Å²) in [6, 6.07) is 4.59. The average Bonchev–Trinajstić information content (AvgIpc) is 2.94. The van der Waals surface area contributed by atoms with Crippen molar-refractivity contribution in [2.45, 2.75) is 31.8 Å². The number of benzene rings is 1. The van der Waals surface area contributed by atoms with Crippen molar-refractivity contribution in [3.63, 3.8) is 0 Å². The van der Waals surface area contributed by atoms with Crippen molar-refractivity contribution in [3.8, 4) is 0 Å². The Bertz CT molecular complexity index is 489. The number of nitrogens with zero attached hydrogens (tertiary/aromatic N) is 1. The molecule has 0 aromatic heterocycles. The zero-order chi connectivity index (χ0) is 12.7. The first-order valence-corrected chi connectivity index (χ1v) is 6.44. The minimum Gasteiger partial charge on any atom is -0.392 e. The Kier molecular flexibility index (Phi) is 2.82. The molecule has 1 N–H and O–H groups in total. The molecule has 1 aliphatic carbocycles. The van der Waals surface area contributed by atoms with Crippen molar-refractivity contribution in [1.29, 1.82) is 0 Å². The molecule has 2 aliphatic rings. The molecule has 3 nitrogen and oxygen atoms in total. The fourth-order valence-corrected chi connectivity index (χ4v) is 3.01. The molecule has 1 aromatic rings. The van der Waals surface area contributed by atoms with Gasteiger partial charge in [-0.25, -0.2) is 4.39 Å². The maximum atomic E-state index is 13.3. The Morgan fingerprint density at radius 3 is 2.94 bits per heavy atom. The second-order valence-corrected chi connectivity index (χ2v) is 5.12. The first-order valence-electron chi connectivity index (χ1n) is 6.44. The predicted octanol–water partition coefficient (Wildman–Crippen LogP) is 1.88. The van der Waals surface area contributed by atoms with Gasteiger partial charge in [-0.1, -0.05) is 6.07 Å². The quantitative estimate of drug-likeness (QED) is 0.825. The van der Waals surface area contributed by atoms with Gasteiger partial charge in [-0.3, -0.25) is 4.79 Å². The molecule has 1 aromatic carbocycles. The third kappa shape index (κ3) is 1.81. The van der Waals surface area contributed by atoms with Gasteiger partial charge in [-0.05, 0) is 43.4 Å². The summed E-state index contributed by atoms with van der Waals surface area (Å²) in [7, 11) is 0. The first kappa shape index (κ1) is 11.7. The zero-order valence-corrected chi connectivity index (χ0v) is 10.1. The number of carbonyl (C=O) groups excluding carboxylic acids is 1. The summed E-state index contributed by atoms with van der Waals surface area (Å²) in [4.78, 5) is 14.0. The second-order valence-electron chi connectivity index (χ2n) is 5.12. The zero-order valence-electron chi connectivity index (χ0n) is 10.1. The number of aliphatic hydroxyl groups excluding tert-OH is 1. The fraction of sp³-hybridized carbons (Fsp3) is 0.500. The molecule has 1 amide bonds. The number of halogens is 1. The number of hydrogen-bond acceptors (Lipinski definition) is 2. The van der Waals surface area contributed by atoms with Gasteiger partial charge < -0.3 is 10.0 Å². The lowest BCUT2D eigenvalue weighted by molar-refractivity contribution is -0.124. The van der Waals surface area contributed by atoms with Crippen LogP contribution in [0.25, 0.3) is 0 Å². The number of hydrogen-bond donors (Lipinski definition) is 1. The van der Waals surface area contributed by atoms with E-state index < -0.39 is 6.10 Å². The van der Waals surface area contributed by atoms with Gasteiger partial charge in [0.25, 0.3) is 0 Å². The minimum absolute atomic E-state index is 0.0515. The van der Waals surface area contributed by atoms with Crippen LogP contribution in [0.4, 0.5) is 10.1 Å². The SMILES string of the molecule is O=C(C1CCCC1O)N1CCc2ccc(F)cc21. The number of rotatable bonds is 1. The van der Waals surface area contributed by atoms with Crippen LogP contribution in [0.3, 0.4) is 0 Å². The third-order valence-corrected chi connectivity index (χ3v) is 4.01. The Morgan fingerprint density at radius 1 is 1.39 bits per heavy atom. The smallest absolute Gasteiger partial charge is 0.232 e. The first-order chi connectivity index (χ1) is 8.66. The second kappa shape index (κ2) is 4.35. The van der Waals surface area contributed by atoms with Crippen molar-refractivity contribution in [3.05, 3.63) is 29.6 Å². The van der Waals surface area contributed by atoms with Crippen LogP contribution in [0.15, 0.2) is 18.2 Å². The molecule has 1 aliphatic heterocycles. The van der Waals surface area contributed by atoms with Crippen molar-refractivity contribution in [2.75, 3.05) is 11.4 Å². The highest BCUT2D eigenvalue weighted by atomic mass is 19.1. The maximum absolute atomic E-state index is 13.3. The third-order valence-electron chi connectivity index (χ3n) is 4.01. The van der Waals surface area contributed by atoms with Gasteiger partial charge in [-0.15, -0.1) is 0 Å². The molecule has 2 atom stereocenters. The molecule has 0 saturated heterocycles. The minimum atomic E-state index is -0.532. The Morgan fingerprint density at radius 2 is 2.22 bits per heavy atom. The molecule has 4 heteroatoms. The van der Waals surface area contributed by atoms with E-state index in [0.29, 0.717) is 18.7 Å². The van der Waals surface area contributed by atoms with E-state index in [4.69, 9.17) is 0 Å². The molecule has 96 valence electrons. The van der Waals surface area contributed by atoms with Crippen molar-refractivity contribution < 1.29 is 14.3 Å². The number of anilines is 1. The van der Waals surface area contributed by atoms with Crippen LogP contribution in [-0.4, -0.2) is 23.7 Å². The van der Waals surface area contributed by atoms with Crippen molar-refractivity contribution in [2.24, 2.45) is 5.92 Å². The number of fused-ring (bicyclic) bond motifs is 1. The monoisotopic (exact) mass is 249 g/mol. The highest BCUT2D eigenvalue weighted by molar-refractivity contribution is 5.97. The highest BCUT2D eigenvalue weighted by Gasteiger charge is 2.36. The largest absolute Gasteiger partial charge is 0.392 e. The van der Waals surface area contributed by atoms with Crippen LogP contribution in [0.5, 0.6) is 0 Å². The molecule has 1 fully saturated rings. The molecule has 2 unspecified atom stereocenters. The van der Waals surface area contributed by atoms with E-state index in [-0.39, 0.29) is 17.6 Å². The fourth-order valence-electron chi connectivity index (χ4n) is 3.01. The maximum Gasteiger partial charge on any atom is 0.232 e. The number of aliphatic hydroxyl groups is 1. The van der Waals surface area contributed by atoms with Gasteiger partial charge >= 0.3 is 0 Å². The van der Waals surface area contributed by atoms with E-state index in [9.17, 15) is 14.3 Å². The molecule has 0 spiro atoms. The van der Waals surface area contributed by atoms with Crippen LogP contribution >= 0.6 is 0 Å². The van der Waals surface area contributed by atoms with Crippen LogP contribution in [0.2, 0.25) is 0 Å². The molecular formula is C14H16FNO2. The van der Waals surface area contributed by atoms with Gasteiger partial charge in [0.2, 0.25) is 5.91 Å². The average molecular weight is 249 g/mol. The molecular weight excluding hydrogens is 233 g/mol. The lowest BCUT2D eigenvalue weighted by atomic mass is 10.0. The topological polar surface area (TPSA) is 40.5 Å². The van der Waals surface area contributed by atoms with Crippen LogP contribution in [0, 0.1) is 11.7 Å². The Hall–Kier alpha value is -1.42. The Balaban J connectivity index is 1.87. The molecule has 3 rings (SSSR count). The molecule has 0 bridgehead atoms. The summed E-state index contributed by atoms with van der Waals surface area (Å²) >= 11 is 0. The van der Waals surface area contributed by atoms with E-state index in [1.54, 1.807) is 11.0 Å². The van der Waals surface area contributed by atoms with Gasteiger partial charge in [0.05, 0.1) is 12.0 Å². The standard InChI is InChI=1S/C14H16FNO2/c15-10-5-4-9-6-7-16(12(9)8-10)14(18)11-2-1-3-13(11)17/h4-5,8,11,13,17H,1-3,6-7H2. The van der Waals surface area contributed by atoms with E-state index in [2.05, 4.69) is 0 Å². The summed E-state index contributed by atoms with van der Waals surface area (Å²) in [5.74, 6) is -0.677. The molecule has 18 heavy (non-hydrogen) atoms. The van der Waals surface area contributed by atoms with Gasteiger partial charge in [-0.2, -0.15) is 0 Å². The summed E-state index contributed by atoms with van der Waals surface area (Å²) < 4.78 is 13.3. The van der Waals surface area contributed by atoms with Gasteiger partial charge in [0.15, 0.2) is 0 Å². The molecule has 1 saturated carbocycles. The summed E-state index contributed by atoms with van der Waals surface area (Å²) in [6.07, 6.45) is 2.56. The molecule has 1 heterocycles. The number of carbonyl (C=O) groups is 1. The van der Waals surface area contributed by atoms with Gasteiger partial charge in [0.1, 0.15) is 5.82 Å². The van der Waals surface area contributed by atoms with E-state index in [1.165, 1.54) is 12.1 Å². The van der Waals surface area contributed by atoms with E-state index in [1.807, 2.05) is 0 Å². The summed E-state index contributed by atoms with van der Waals surface area (Å²) in [6.45, 7) is 0.598. The number of amides is 1. The van der Waals surface area contributed by atoms with Gasteiger partial charge in [0, 0.05) is 12.2 Å². The van der Waals surface area contributed by atoms with E-state index >= 15 is 0 Å². The van der Waals surface area contributed by atoms with Crippen LogP contribution in [-0.2, 0) is 11.2 Å². The predicted molar refractivity (Wildman–Crippen MR) is 65.8 cm³/mol. The van der Waals surface area contributed by atoms with Crippen LogP contribution in [0.1, 0.15) is 24.8 Å². The summed E-state index contributed by atoms with van der Waals surface area (Å²) in [5, 5.41) is 9.80. The highest BCUT2D eigenvalue weighted by Crippen LogP contribution is 2.34. The van der Waals surface area contributed by atoms with Crippen LogP contribution < -0.4 is 4.90 Å². The Labute approximate surface area is 105 Å². The van der Waals surface area contributed by atoms with Crippen molar-refractivity contribution >= 4 is 11.6 Å².